The maximum absolute atomic E-state index is 11.7. The van der Waals surface area contributed by atoms with Crippen molar-refractivity contribution in [1.29, 1.82) is 0 Å². The second-order valence-corrected chi connectivity index (χ2v) is 7.85. The molecule has 0 rings (SSSR count). The van der Waals surface area contributed by atoms with Crippen LogP contribution in [0.1, 0.15) is 110 Å². The van der Waals surface area contributed by atoms with Crippen molar-refractivity contribution in [3.05, 3.63) is 0 Å². The third-order valence-electron chi connectivity index (χ3n) is 4.86. The van der Waals surface area contributed by atoms with Crippen LogP contribution in [0.15, 0.2) is 0 Å². The molecule has 0 atom stereocenters. The van der Waals surface area contributed by atoms with E-state index in [9.17, 15) is 4.79 Å². The minimum atomic E-state index is 0.234. The molecular formula is C22H46N2O. The Morgan fingerprint density at radius 1 is 0.680 bits per heavy atom. The number of amides is 1. The lowest BCUT2D eigenvalue weighted by atomic mass is 10.0. The molecule has 3 nitrogen and oxygen atoms in total. The lowest BCUT2D eigenvalue weighted by Crippen LogP contribution is -2.26. The zero-order valence-corrected chi connectivity index (χ0v) is 17.6. The van der Waals surface area contributed by atoms with E-state index in [-0.39, 0.29) is 5.91 Å². The molecule has 0 bridgehead atoms. The highest BCUT2D eigenvalue weighted by Crippen LogP contribution is 2.13. The van der Waals surface area contributed by atoms with Gasteiger partial charge in [-0.3, -0.25) is 4.79 Å². The molecule has 0 unspecified atom stereocenters. The van der Waals surface area contributed by atoms with E-state index in [4.69, 9.17) is 0 Å². The number of nitrogens with zero attached hydrogens (tertiary/aromatic N) is 1. The van der Waals surface area contributed by atoms with Crippen LogP contribution in [-0.4, -0.2) is 38.0 Å². The number of unbranched alkanes of at least 4 members (excludes halogenated alkanes) is 13. The van der Waals surface area contributed by atoms with Crippen molar-refractivity contribution < 1.29 is 4.79 Å². The van der Waals surface area contributed by atoms with Crippen LogP contribution in [0.25, 0.3) is 0 Å². The maximum Gasteiger partial charge on any atom is 0.219 e. The number of nitrogens with one attached hydrogen (secondary N) is 1. The van der Waals surface area contributed by atoms with E-state index in [1.54, 1.807) is 0 Å². The molecule has 0 aromatic heterocycles. The molecule has 1 amide bonds. The van der Waals surface area contributed by atoms with Gasteiger partial charge in [-0.1, -0.05) is 90.4 Å². The number of hydrogen-bond donors (Lipinski definition) is 1. The third-order valence-corrected chi connectivity index (χ3v) is 4.86. The molecule has 0 radical (unpaired) electrons. The summed E-state index contributed by atoms with van der Waals surface area (Å²) in [6.07, 6.45) is 20.8. The molecule has 0 saturated carbocycles. The zero-order chi connectivity index (χ0) is 18.6. The van der Waals surface area contributed by atoms with Crippen LogP contribution in [0.4, 0.5) is 0 Å². The first-order chi connectivity index (χ1) is 12.2. The van der Waals surface area contributed by atoms with E-state index >= 15 is 0 Å². The van der Waals surface area contributed by atoms with Crippen LogP contribution in [0.5, 0.6) is 0 Å². The molecule has 3 heteroatoms. The first-order valence-corrected chi connectivity index (χ1v) is 11.1. The summed E-state index contributed by atoms with van der Waals surface area (Å²) in [4.78, 5) is 13.8. The van der Waals surface area contributed by atoms with Gasteiger partial charge >= 0.3 is 0 Å². The van der Waals surface area contributed by atoms with Gasteiger partial charge in [-0.05, 0) is 33.5 Å². The number of carbonyl (C=O) groups is 1. The molecule has 0 aliphatic heterocycles. The van der Waals surface area contributed by atoms with Crippen LogP contribution in [0, 0.1) is 0 Å². The largest absolute Gasteiger partial charge is 0.356 e. The van der Waals surface area contributed by atoms with Crippen LogP contribution in [-0.2, 0) is 4.79 Å². The van der Waals surface area contributed by atoms with Crippen molar-refractivity contribution in [2.75, 3.05) is 27.2 Å². The summed E-state index contributed by atoms with van der Waals surface area (Å²) in [5, 5.41) is 3.02. The van der Waals surface area contributed by atoms with Crippen molar-refractivity contribution in [2.24, 2.45) is 0 Å². The van der Waals surface area contributed by atoms with E-state index in [0.29, 0.717) is 6.42 Å². The summed E-state index contributed by atoms with van der Waals surface area (Å²) in [5.74, 6) is 0.234. The molecule has 0 aromatic carbocycles. The quantitative estimate of drug-likeness (QED) is 0.292. The van der Waals surface area contributed by atoms with Crippen LogP contribution in [0.2, 0.25) is 0 Å². The molecular weight excluding hydrogens is 308 g/mol. The summed E-state index contributed by atoms with van der Waals surface area (Å²) in [6.45, 7) is 4.14. The smallest absolute Gasteiger partial charge is 0.219 e. The summed E-state index contributed by atoms with van der Waals surface area (Å²) < 4.78 is 0. The average Bonchev–Trinajstić information content (AvgIpc) is 2.59. The number of rotatable bonds is 19. The standard InChI is InChI=1S/C22H46N2O/c1-4-5-6-7-8-9-10-11-12-13-14-15-16-17-19-22(25)23-20-18-21-24(2)3/h4-21H2,1-3H3,(H,23,25). The van der Waals surface area contributed by atoms with Crippen LogP contribution < -0.4 is 5.32 Å². The SMILES string of the molecule is CCCCCCCCCCCCCCCCC(=O)NCCCN(C)C. The maximum atomic E-state index is 11.7. The highest BCUT2D eigenvalue weighted by atomic mass is 16.1. The second-order valence-electron chi connectivity index (χ2n) is 7.85. The first kappa shape index (κ1) is 24.4. The van der Waals surface area contributed by atoms with Crippen LogP contribution in [0.3, 0.4) is 0 Å². The van der Waals surface area contributed by atoms with Gasteiger partial charge in [0.25, 0.3) is 0 Å². The summed E-state index contributed by atoms with van der Waals surface area (Å²) in [7, 11) is 4.13. The fourth-order valence-electron chi connectivity index (χ4n) is 3.19. The topological polar surface area (TPSA) is 32.3 Å². The third kappa shape index (κ3) is 21.4. The minimum Gasteiger partial charge on any atom is -0.356 e. The lowest BCUT2D eigenvalue weighted by Gasteiger charge is -2.09. The fraction of sp³-hybridized carbons (Fsp3) is 0.955. The van der Waals surface area contributed by atoms with Gasteiger partial charge in [0, 0.05) is 13.0 Å². The normalized spacial score (nSPS) is 11.2. The Bertz CT molecular complexity index is 279. The Morgan fingerprint density at radius 3 is 1.56 bits per heavy atom. The summed E-state index contributed by atoms with van der Waals surface area (Å²) in [6, 6.07) is 0. The molecule has 0 saturated heterocycles. The number of hydrogen-bond acceptors (Lipinski definition) is 2. The molecule has 0 spiro atoms. The molecule has 0 aliphatic carbocycles. The van der Waals surface area contributed by atoms with Gasteiger partial charge in [-0.2, -0.15) is 0 Å². The number of carbonyl (C=O) groups excluding carboxylic acids is 1. The van der Waals surface area contributed by atoms with Gasteiger partial charge in [0.2, 0.25) is 5.91 Å². The van der Waals surface area contributed by atoms with Crippen molar-refractivity contribution in [1.82, 2.24) is 10.2 Å². The van der Waals surface area contributed by atoms with Crippen molar-refractivity contribution in [3.8, 4) is 0 Å². The Hall–Kier alpha value is -0.570. The molecule has 0 heterocycles. The van der Waals surface area contributed by atoms with E-state index in [1.165, 1.54) is 83.5 Å². The molecule has 0 aliphatic rings. The van der Waals surface area contributed by atoms with Crippen LogP contribution >= 0.6 is 0 Å². The van der Waals surface area contributed by atoms with E-state index in [1.807, 2.05) is 0 Å². The zero-order valence-electron chi connectivity index (χ0n) is 17.6. The van der Waals surface area contributed by atoms with Gasteiger partial charge in [0.15, 0.2) is 0 Å². The lowest BCUT2D eigenvalue weighted by molar-refractivity contribution is -0.121. The molecule has 1 N–H and O–H groups in total. The minimum absolute atomic E-state index is 0.234. The Kier molecular flexibility index (Phi) is 19.3. The predicted octanol–water partition coefficient (Wildman–Crippen LogP) is 5.93. The molecule has 150 valence electrons. The Morgan fingerprint density at radius 2 is 1.12 bits per heavy atom. The Balaban J connectivity index is 3.12. The second kappa shape index (κ2) is 19.8. The monoisotopic (exact) mass is 354 g/mol. The highest BCUT2D eigenvalue weighted by Gasteiger charge is 2.00. The van der Waals surface area contributed by atoms with E-state index in [0.717, 1.165) is 25.9 Å². The average molecular weight is 355 g/mol. The predicted molar refractivity (Wildman–Crippen MR) is 111 cm³/mol. The van der Waals surface area contributed by atoms with Gasteiger partial charge in [0.05, 0.1) is 0 Å². The molecule has 0 fully saturated rings. The van der Waals surface area contributed by atoms with E-state index < -0.39 is 0 Å². The first-order valence-electron chi connectivity index (χ1n) is 11.1. The van der Waals surface area contributed by atoms with E-state index in [2.05, 4.69) is 31.2 Å². The van der Waals surface area contributed by atoms with Gasteiger partial charge in [0.1, 0.15) is 0 Å². The highest BCUT2D eigenvalue weighted by molar-refractivity contribution is 5.75. The molecule has 25 heavy (non-hydrogen) atoms. The van der Waals surface area contributed by atoms with Gasteiger partial charge in [-0.25, -0.2) is 0 Å². The van der Waals surface area contributed by atoms with Gasteiger partial charge in [-0.15, -0.1) is 0 Å². The van der Waals surface area contributed by atoms with Crippen molar-refractivity contribution in [3.63, 3.8) is 0 Å². The van der Waals surface area contributed by atoms with Gasteiger partial charge < -0.3 is 10.2 Å². The molecule has 0 aromatic rings. The fourth-order valence-corrected chi connectivity index (χ4v) is 3.19. The van der Waals surface area contributed by atoms with Crippen molar-refractivity contribution in [2.45, 2.75) is 110 Å². The summed E-state index contributed by atoms with van der Waals surface area (Å²) in [5.41, 5.74) is 0. The van der Waals surface area contributed by atoms with Crippen molar-refractivity contribution >= 4 is 5.91 Å². The summed E-state index contributed by atoms with van der Waals surface area (Å²) >= 11 is 0. The Labute approximate surface area is 158 Å².